The van der Waals surface area contributed by atoms with Gasteiger partial charge in [-0.2, -0.15) is 0 Å². The number of carbonyl (C=O) groups excluding carboxylic acids is 1. The topological polar surface area (TPSA) is 69.0 Å². The molecule has 4 saturated carbocycles. The quantitative estimate of drug-likeness (QED) is 0.730. The highest BCUT2D eigenvalue weighted by Crippen LogP contribution is 2.55. The standard InChI is InChI=1S/C22H28N4O2S/c1-14(20(27)24-22-10-15-6-16(11-22)8-17(7-15)12-22)29-21-25-23-13-26(21)18-4-3-5-19(9-18)28-2/h3-5,9,13-17H,6-8,10-12H2,1-2H3,(H,24,27). The van der Waals surface area contributed by atoms with Crippen molar-refractivity contribution < 1.29 is 9.53 Å². The van der Waals surface area contributed by atoms with Crippen molar-refractivity contribution >= 4 is 17.7 Å². The Morgan fingerprint density at radius 3 is 2.59 bits per heavy atom. The van der Waals surface area contributed by atoms with Crippen molar-refractivity contribution in [2.45, 2.75) is 61.4 Å². The average molecular weight is 413 g/mol. The largest absolute Gasteiger partial charge is 0.497 e. The third-order valence-corrected chi connectivity index (χ3v) is 7.98. The lowest BCUT2D eigenvalue weighted by molar-refractivity contribution is -0.126. The molecule has 1 heterocycles. The lowest BCUT2D eigenvalue weighted by Crippen LogP contribution is -2.60. The molecular formula is C22H28N4O2S. The number of methoxy groups -OCH3 is 1. The molecule has 7 heteroatoms. The summed E-state index contributed by atoms with van der Waals surface area (Å²) < 4.78 is 7.23. The summed E-state index contributed by atoms with van der Waals surface area (Å²) in [7, 11) is 1.65. The highest BCUT2D eigenvalue weighted by molar-refractivity contribution is 8.00. The molecular weight excluding hydrogens is 384 g/mol. The first kappa shape index (κ1) is 19.0. The van der Waals surface area contributed by atoms with E-state index in [1.54, 1.807) is 13.4 Å². The minimum Gasteiger partial charge on any atom is -0.497 e. The number of hydrogen-bond donors (Lipinski definition) is 1. The van der Waals surface area contributed by atoms with Crippen molar-refractivity contribution in [3.05, 3.63) is 30.6 Å². The minimum atomic E-state index is -0.225. The van der Waals surface area contributed by atoms with E-state index in [-0.39, 0.29) is 16.7 Å². The van der Waals surface area contributed by atoms with Gasteiger partial charge in [0.05, 0.1) is 18.0 Å². The zero-order chi connectivity index (χ0) is 20.0. The number of thioether (sulfide) groups is 1. The van der Waals surface area contributed by atoms with E-state index in [2.05, 4.69) is 15.5 Å². The molecule has 1 amide bonds. The number of rotatable bonds is 6. The highest BCUT2D eigenvalue weighted by atomic mass is 32.2. The molecule has 4 fully saturated rings. The zero-order valence-corrected chi connectivity index (χ0v) is 17.8. The van der Waals surface area contributed by atoms with Crippen LogP contribution in [-0.2, 0) is 4.79 Å². The number of amides is 1. The SMILES string of the molecule is COc1cccc(-n2cnnc2SC(C)C(=O)NC23CC4CC(CC(C4)C2)C3)c1. The second-order valence-corrected chi connectivity index (χ2v) is 10.4. The highest BCUT2D eigenvalue weighted by Gasteiger charge is 2.51. The molecule has 1 atom stereocenters. The molecule has 4 bridgehead atoms. The Bertz CT molecular complexity index is 876. The van der Waals surface area contributed by atoms with Gasteiger partial charge in [0, 0.05) is 11.6 Å². The Morgan fingerprint density at radius 2 is 1.93 bits per heavy atom. The van der Waals surface area contributed by atoms with Crippen molar-refractivity contribution in [1.82, 2.24) is 20.1 Å². The van der Waals surface area contributed by atoms with Gasteiger partial charge in [0.2, 0.25) is 5.91 Å². The average Bonchev–Trinajstić information content (AvgIpc) is 3.14. The Balaban J connectivity index is 1.28. The third-order valence-electron chi connectivity index (χ3n) is 6.93. The van der Waals surface area contributed by atoms with Crippen molar-refractivity contribution in [3.8, 4) is 11.4 Å². The maximum Gasteiger partial charge on any atom is 0.233 e. The Hall–Kier alpha value is -2.02. The number of aromatic nitrogens is 3. The van der Waals surface area contributed by atoms with Crippen LogP contribution in [0.1, 0.15) is 45.4 Å². The number of nitrogens with one attached hydrogen (secondary N) is 1. The number of ether oxygens (including phenoxy) is 1. The van der Waals surface area contributed by atoms with Crippen LogP contribution in [0.4, 0.5) is 0 Å². The van der Waals surface area contributed by atoms with E-state index in [4.69, 9.17) is 4.74 Å². The molecule has 0 aliphatic heterocycles. The first-order chi connectivity index (χ1) is 14.0. The van der Waals surface area contributed by atoms with Crippen LogP contribution in [0.15, 0.2) is 35.7 Å². The summed E-state index contributed by atoms with van der Waals surface area (Å²) in [5, 5.41) is 12.3. The smallest absolute Gasteiger partial charge is 0.233 e. The predicted octanol–water partition coefficient (Wildman–Crippen LogP) is 3.84. The number of carbonyl (C=O) groups is 1. The normalized spacial score (nSPS) is 30.9. The minimum absolute atomic E-state index is 0.0428. The second-order valence-electron chi connectivity index (χ2n) is 9.13. The lowest BCUT2D eigenvalue weighted by Gasteiger charge is -2.57. The van der Waals surface area contributed by atoms with Crippen LogP contribution < -0.4 is 10.1 Å². The summed E-state index contributed by atoms with van der Waals surface area (Å²) in [6.45, 7) is 1.96. The van der Waals surface area contributed by atoms with E-state index in [9.17, 15) is 4.79 Å². The fraction of sp³-hybridized carbons (Fsp3) is 0.591. The number of hydrogen-bond acceptors (Lipinski definition) is 5. The molecule has 1 N–H and O–H groups in total. The molecule has 4 aliphatic rings. The van der Waals surface area contributed by atoms with Crippen molar-refractivity contribution in [3.63, 3.8) is 0 Å². The lowest BCUT2D eigenvalue weighted by atomic mass is 9.53. The van der Waals surface area contributed by atoms with Gasteiger partial charge in [0.1, 0.15) is 12.1 Å². The molecule has 6 rings (SSSR count). The molecule has 0 saturated heterocycles. The van der Waals surface area contributed by atoms with E-state index in [1.807, 2.05) is 35.8 Å². The zero-order valence-electron chi connectivity index (χ0n) is 17.0. The van der Waals surface area contributed by atoms with Gasteiger partial charge in [0.25, 0.3) is 0 Å². The molecule has 1 aromatic heterocycles. The Kier molecular flexibility index (Phi) is 4.81. The maximum absolute atomic E-state index is 13.1. The molecule has 154 valence electrons. The van der Waals surface area contributed by atoms with Crippen LogP contribution in [-0.4, -0.2) is 38.6 Å². The summed E-state index contributed by atoms with van der Waals surface area (Å²) >= 11 is 1.46. The van der Waals surface area contributed by atoms with Gasteiger partial charge in [-0.15, -0.1) is 10.2 Å². The third kappa shape index (κ3) is 3.65. The summed E-state index contributed by atoms with van der Waals surface area (Å²) in [5.41, 5.74) is 0.965. The van der Waals surface area contributed by atoms with Crippen LogP contribution in [0.25, 0.3) is 5.69 Å². The first-order valence-corrected chi connectivity index (χ1v) is 11.4. The number of nitrogens with zero attached hydrogens (tertiary/aromatic N) is 3. The first-order valence-electron chi connectivity index (χ1n) is 10.6. The molecule has 2 aromatic rings. The summed E-state index contributed by atoms with van der Waals surface area (Å²) in [4.78, 5) is 13.1. The van der Waals surface area contributed by atoms with Crippen LogP contribution in [0, 0.1) is 17.8 Å². The van der Waals surface area contributed by atoms with Gasteiger partial charge in [-0.05, 0) is 75.3 Å². The summed E-state index contributed by atoms with van der Waals surface area (Å²) in [6.07, 6.45) is 9.32. The van der Waals surface area contributed by atoms with E-state index in [0.29, 0.717) is 5.16 Å². The van der Waals surface area contributed by atoms with E-state index in [0.717, 1.165) is 29.2 Å². The Labute approximate surface area is 175 Å². The molecule has 0 spiro atoms. The summed E-state index contributed by atoms with van der Waals surface area (Å²) in [6, 6.07) is 7.76. The molecule has 4 aliphatic carbocycles. The van der Waals surface area contributed by atoms with Gasteiger partial charge < -0.3 is 10.1 Å². The van der Waals surface area contributed by atoms with Crippen LogP contribution in [0.5, 0.6) is 5.75 Å². The second kappa shape index (κ2) is 7.35. The fourth-order valence-electron chi connectivity index (χ4n) is 6.08. The van der Waals surface area contributed by atoms with Crippen LogP contribution in [0.2, 0.25) is 0 Å². The van der Waals surface area contributed by atoms with E-state index >= 15 is 0 Å². The van der Waals surface area contributed by atoms with Crippen molar-refractivity contribution in [2.75, 3.05) is 7.11 Å². The predicted molar refractivity (Wildman–Crippen MR) is 112 cm³/mol. The molecule has 6 nitrogen and oxygen atoms in total. The van der Waals surface area contributed by atoms with Crippen LogP contribution >= 0.6 is 11.8 Å². The molecule has 0 radical (unpaired) electrons. The molecule has 1 aromatic carbocycles. The molecule has 29 heavy (non-hydrogen) atoms. The van der Waals surface area contributed by atoms with Gasteiger partial charge in [0.15, 0.2) is 5.16 Å². The molecule has 1 unspecified atom stereocenters. The van der Waals surface area contributed by atoms with Gasteiger partial charge in [-0.1, -0.05) is 17.8 Å². The van der Waals surface area contributed by atoms with Gasteiger partial charge in [-0.25, -0.2) is 0 Å². The number of benzene rings is 1. The van der Waals surface area contributed by atoms with Crippen molar-refractivity contribution in [2.24, 2.45) is 17.8 Å². The van der Waals surface area contributed by atoms with Crippen molar-refractivity contribution in [1.29, 1.82) is 0 Å². The fourth-order valence-corrected chi connectivity index (χ4v) is 6.92. The van der Waals surface area contributed by atoms with Gasteiger partial charge >= 0.3 is 0 Å². The van der Waals surface area contributed by atoms with E-state index in [1.165, 1.54) is 50.3 Å². The van der Waals surface area contributed by atoms with Gasteiger partial charge in [-0.3, -0.25) is 9.36 Å². The van der Waals surface area contributed by atoms with E-state index < -0.39 is 0 Å². The maximum atomic E-state index is 13.1. The van der Waals surface area contributed by atoms with Crippen LogP contribution in [0.3, 0.4) is 0 Å². The summed E-state index contributed by atoms with van der Waals surface area (Å²) in [5.74, 6) is 3.36. The Morgan fingerprint density at radius 1 is 1.24 bits per heavy atom. The monoisotopic (exact) mass is 412 g/mol.